The first-order chi connectivity index (χ1) is 9.54. The van der Waals surface area contributed by atoms with E-state index in [1.807, 2.05) is 24.3 Å². The van der Waals surface area contributed by atoms with Crippen molar-refractivity contribution in [3.05, 3.63) is 63.3 Å². The predicted octanol–water partition coefficient (Wildman–Crippen LogP) is 4.94. The molecular formula is C15H13BrClFOS. The molecule has 2 rings (SSSR count). The molecule has 2 aromatic rings. The van der Waals surface area contributed by atoms with E-state index in [1.54, 1.807) is 17.8 Å². The zero-order chi connectivity index (χ0) is 14.5. The SMILES string of the molecule is OC(CSc1ccc(Cl)cc1)Cc1ccc(F)cc1Br. The van der Waals surface area contributed by atoms with Crippen molar-refractivity contribution in [3.8, 4) is 0 Å². The van der Waals surface area contributed by atoms with Crippen molar-refractivity contribution < 1.29 is 9.50 Å². The third-order valence-electron chi connectivity index (χ3n) is 2.73. The Labute approximate surface area is 135 Å². The molecule has 5 heteroatoms. The predicted molar refractivity (Wildman–Crippen MR) is 86.0 cm³/mol. The smallest absolute Gasteiger partial charge is 0.124 e. The molecule has 0 aliphatic rings. The minimum Gasteiger partial charge on any atom is -0.392 e. The average Bonchev–Trinajstić information content (AvgIpc) is 2.41. The van der Waals surface area contributed by atoms with Gasteiger partial charge in [0, 0.05) is 26.6 Å². The number of thioether (sulfide) groups is 1. The Morgan fingerprint density at radius 1 is 1.20 bits per heavy atom. The van der Waals surface area contributed by atoms with E-state index < -0.39 is 6.10 Å². The van der Waals surface area contributed by atoms with Crippen LogP contribution in [0, 0.1) is 5.82 Å². The van der Waals surface area contributed by atoms with Gasteiger partial charge >= 0.3 is 0 Å². The van der Waals surface area contributed by atoms with Crippen LogP contribution in [0.15, 0.2) is 51.8 Å². The minimum absolute atomic E-state index is 0.286. The summed E-state index contributed by atoms with van der Waals surface area (Å²) in [4.78, 5) is 1.06. The van der Waals surface area contributed by atoms with E-state index in [0.717, 1.165) is 10.5 Å². The molecule has 0 radical (unpaired) electrons. The van der Waals surface area contributed by atoms with Crippen molar-refractivity contribution in [3.63, 3.8) is 0 Å². The van der Waals surface area contributed by atoms with E-state index in [4.69, 9.17) is 11.6 Å². The molecule has 1 atom stereocenters. The van der Waals surface area contributed by atoms with Crippen LogP contribution in [0.2, 0.25) is 5.02 Å². The summed E-state index contributed by atoms with van der Waals surface area (Å²) in [6, 6.07) is 12.0. The molecule has 1 N–H and O–H groups in total. The Balaban J connectivity index is 1.89. The van der Waals surface area contributed by atoms with Gasteiger partial charge < -0.3 is 5.11 Å². The summed E-state index contributed by atoms with van der Waals surface area (Å²) in [5.74, 6) is 0.288. The quantitative estimate of drug-likeness (QED) is 0.747. The van der Waals surface area contributed by atoms with Gasteiger partial charge in [-0.3, -0.25) is 0 Å². The highest BCUT2D eigenvalue weighted by molar-refractivity contribution is 9.10. The monoisotopic (exact) mass is 374 g/mol. The number of halogens is 3. The highest BCUT2D eigenvalue weighted by atomic mass is 79.9. The number of hydrogen-bond acceptors (Lipinski definition) is 2. The lowest BCUT2D eigenvalue weighted by molar-refractivity contribution is 0.200. The lowest BCUT2D eigenvalue weighted by Crippen LogP contribution is -2.13. The maximum absolute atomic E-state index is 13.0. The molecule has 0 saturated heterocycles. The van der Waals surface area contributed by atoms with Gasteiger partial charge in [0.1, 0.15) is 5.82 Å². The third kappa shape index (κ3) is 4.77. The summed E-state index contributed by atoms with van der Waals surface area (Å²) in [7, 11) is 0. The van der Waals surface area contributed by atoms with Crippen molar-refractivity contribution in [1.82, 2.24) is 0 Å². The topological polar surface area (TPSA) is 20.2 Å². The molecule has 0 amide bonds. The van der Waals surface area contributed by atoms with Crippen LogP contribution < -0.4 is 0 Å². The molecule has 0 heterocycles. The number of aliphatic hydroxyl groups excluding tert-OH is 1. The van der Waals surface area contributed by atoms with Gasteiger partial charge in [-0.05, 0) is 42.0 Å². The largest absolute Gasteiger partial charge is 0.392 e. The molecule has 0 aliphatic heterocycles. The zero-order valence-electron chi connectivity index (χ0n) is 10.5. The number of benzene rings is 2. The summed E-state index contributed by atoms with van der Waals surface area (Å²) in [5, 5.41) is 10.7. The van der Waals surface area contributed by atoms with E-state index in [0.29, 0.717) is 21.7 Å². The van der Waals surface area contributed by atoms with Crippen molar-refractivity contribution >= 4 is 39.3 Å². The highest BCUT2D eigenvalue weighted by Crippen LogP contribution is 2.24. The minimum atomic E-state index is -0.488. The molecule has 0 aromatic heterocycles. The van der Waals surface area contributed by atoms with Gasteiger partial charge in [-0.1, -0.05) is 33.6 Å². The molecule has 2 aromatic carbocycles. The van der Waals surface area contributed by atoms with Crippen molar-refractivity contribution in [1.29, 1.82) is 0 Å². The van der Waals surface area contributed by atoms with E-state index in [2.05, 4.69) is 15.9 Å². The van der Waals surface area contributed by atoms with Crippen molar-refractivity contribution in [2.75, 3.05) is 5.75 Å². The Hall–Kier alpha value is -0.550. The van der Waals surface area contributed by atoms with Crippen LogP contribution in [-0.4, -0.2) is 17.0 Å². The molecule has 1 nitrogen and oxygen atoms in total. The molecule has 106 valence electrons. The molecule has 0 fully saturated rings. The second-order valence-corrected chi connectivity index (χ2v) is 6.74. The molecule has 0 spiro atoms. The first kappa shape index (κ1) is 15.8. The van der Waals surface area contributed by atoms with Crippen LogP contribution in [0.3, 0.4) is 0 Å². The van der Waals surface area contributed by atoms with E-state index in [1.165, 1.54) is 12.1 Å². The number of rotatable bonds is 5. The van der Waals surface area contributed by atoms with Crippen LogP contribution in [0.25, 0.3) is 0 Å². The summed E-state index contributed by atoms with van der Waals surface area (Å²) in [5.41, 5.74) is 0.899. The van der Waals surface area contributed by atoms with Gasteiger partial charge in [0.25, 0.3) is 0 Å². The first-order valence-corrected chi connectivity index (χ1v) is 8.20. The Morgan fingerprint density at radius 3 is 2.55 bits per heavy atom. The average molecular weight is 376 g/mol. The van der Waals surface area contributed by atoms with Gasteiger partial charge in [0.2, 0.25) is 0 Å². The Bertz CT molecular complexity index is 577. The van der Waals surface area contributed by atoms with Gasteiger partial charge in [-0.15, -0.1) is 11.8 Å². The number of hydrogen-bond donors (Lipinski definition) is 1. The van der Waals surface area contributed by atoms with E-state index in [-0.39, 0.29) is 5.82 Å². The highest BCUT2D eigenvalue weighted by Gasteiger charge is 2.10. The molecule has 20 heavy (non-hydrogen) atoms. The fourth-order valence-corrected chi connectivity index (χ4v) is 3.19. The summed E-state index contributed by atoms with van der Waals surface area (Å²) >= 11 is 10.7. The molecular weight excluding hydrogens is 363 g/mol. The van der Waals surface area contributed by atoms with Crippen LogP contribution in [-0.2, 0) is 6.42 Å². The Kier molecular flexibility index (Phi) is 5.90. The lowest BCUT2D eigenvalue weighted by Gasteiger charge is -2.12. The second kappa shape index (κ2) is 7.46. The summed E-state index contributed by atoms with van der Waals surface area (Å²) < 4.78 is 13.7. The van der Waals surface area contributed by atoms with Gasteiger partial charge in [0.15, 0.2) is 0 Å². The first-order valence-electron chi connectivity index (χ1n) is 6.05. The third-order valence-corrected chi connectivity index (χ3v) is 4.87. The van der Waals surface area contributed by atoms with Gasteiger partial charge in [-0.25, -0.2) is 4.39 Å². The molecule has 0 saturated carbocycles. The van der Waals surface area contributed by atoms with Crippen LogP contribution in [0.5, 0.6) is 0 Å². The lowest BCUT2D eigenvalue weighted by atomic mass is 10.1. The maximum Gasteiger partial charge on any atom is 0.124 e. The molecule has 0 bridgehead atoms. The van der Waals surface area contributed by atoms with E-state index in [9.17, 15) is 9.50 Å². The van der Waals surface area contributed by atoms with Gasteiger partial charge in [-0.2, -0.15) is 0 Å². The van der Waals surface area contributed by atoms with Crippen LogP contribution in [0.4, 0.5) is 4.39 Å². The van der Waals surface area contributed by atoms with Crippen LogP contribution >= 0.6 is 39.3 Å². The van der Waals surface area contributed by atoms with Crippen LogP contribution in [0.1, 0.15) is 5.56 Å². The van der Waals surface area contributed by atoms with Gasteiger partial charge in [0.05, 0.1) is 6.10 Å². The summed E-state index contributed by atoms with van der Waals surface area (Å²) in [6.45, 7) is 0. The summed E-state index contributed by atoms with van der Waals surface area (Å²) in [6.07, 6.45) is -0.000929. The zero-order valence-corrected chi connectivity index (χ0v) is 13.7. The Morgan fingerprint density at radius 2 is 1.90 bits per heavy atom. The molecule has 1 unspecified atom stereocenters. The standard InChI is InChI=1S/C15H13BrClFOS/c16-15-8-12(18)4-1-10(15)7-13(19)9-20-14-5-2-11(17)3-6-14/h1-6,8,13,19H,7,9H2. The van der Waals surface area contributed by atoms with Crippen molar-refractivity contribution in [2.45, 2.75) is 17.4 Å². The van der Waals surface area contributed by atoms with E-state index >= 15 is 0 Å². The maximum atomic E-state index is 13.0. The number of aliphatic hydroxyl groups is 1. The van der Waals surface area contributed by atoms with Crippen molar-refractivity contribution in [2.24, 2.45) is 0 Å². The molecule has 0 aliphatic carbocycles. The fourth-order valence-electron chi connectivity index (χ4n) is 1.72. The normalized spacial score (nSPS) is 12.4. The second-order valence-electron chi connectivity index (χ2n) is 4.36. The fraction of sp³-hybridized carbons (Fsp3) is 0.200.